The van der Waals surface area contributed by atoms with Gasteiger partial charge in [0, 0.05) is 36.5 Å². The Labute approximate surface area is 175 Å². The van der Waals surface area contributed by atoms with Gasteiger partial charge in [0.2, 0.25) is 5.91 Å². The molecule has 11 nitrogen and oxygen atoms in total. The van der Waals surface area contributed by atoms with Gasteiger partial charge in [-0.05, 0) is 48.5 Å². The lowest BCUT2D eigenvalue weighted by Gasteiger charge is -2.09. The van der Waals surface area contributed by atoms with Crippen LogP contribution in [-0.4, -0.2) is 15.8 Å². The molecule has 0 atom stereocenters. The number of carbonyl (C=O) groups excluding carboxylic acids is 1. The smallest absolute Gasteiger partial charge is 0.294 e. The SMILES string of the molecule is CC(=O)Nc1ccc(Nc2ccc(N=Nc3ccc([N+](=O)[O-])cc3)cc2[N+](=O)[O-])cc1. The minimum absolute atomic E-state index is 0.0740. The van der Waals surface area contributed by atoms with Crippen molar-refractivity contribution >= 4 is 45.7 Å². The molecule has 2 N–H and O–H groups in total. The Morgan fingerprint density at radius 3 is 1.97 bits per heavy atom. The third-order valence-corrected chi connectivity index (χ3v) is 4.00. The van der Waals surface area contributed by atoms with Crippen molar-refractivity contribution in [2.24, 2.45) is 10.2 Å². The quantitative estimate of drug-likeness (QED) is 0.287. The zero-order valence-electron chi connectivity index (χ0n) is 16.2. The number of amides is 1. The van der Waals surface area contributed by atoms with Crippen LogP contribution in [0.4, 0.5) is 39.8 Å². The van der Waals surface area contributed by atoms with Crippen molar-refractivity contribution < 1.29 is 14.6 Å². The maximum Gasteiger partial charge on any atom is 0.294 e. The highest BCUT2D eigenvalue weighted by atomic mass is 16.6. The van der Waals surface area contributed by atoms with E-state index >= 15 is 0 Å². The molecule has 0 bridgehead atoms. The fourth-order valence-electron chi connectivity index (χ4n) is 2.59. The molecule has 0 aliphatic carbocycles. The Bertz CT molecular complexity index is 1160. The van der Waals surface area contributed by atoms with Crippen molar-refractivity contribution in [2.75, 3.05) is 10.6 Å². The van der Waals surface area contributed by atoms with E-state index in [1.165, 1.54) is 43.3 Å². The maximum absolute atomic E-state index is 11.5. The third-order valence-electron chi connectivity index (χ3n) is 4.00. The van der Waals surface area contributed by atoms with E-state index < -0.39 is 9.85 Å². The number of carbonyl (C=O) groups is 1. The first-order valence-corrected chi connectivity index (χ1v) is 8.91. The Balaban J connectivity index is 1.78. The molecule has 0 spiro atoms. The van der Waals surface area contributed by atoms with Crippen LogP contribution >= 0.6 is 0 Å². The average molecular weight is 420 g/mol. The van der Waals surface area contributed by atoms with Crippen LogP contribution in [0.1, 0.15) is 6.92 Å². The monoisotopic (exact) mass is 420 g/mol. The molecule has 3 aromatic carbocycles. The summed E-state index contributed by atoms with van der Waals surface area (Å²) in [5, 5.41) is 35.7. The number of nitro groups is 2. The Hall–Kier alpha value is -4.67. The van der Waals surface area contributed by atoms with E-state index in [0.29, 0.717) is 17.1 Å². The number of nitro benzene ring substituents is 2. The normalized spacial score (nSPS) is 10.6. The first-order chi connectivity index (χ1) is 14.8. The molecule has 0 fully saturated rings. The highest BCUT2D eigenvalue weighted by Gasteiger charge is 2.15. The lowest BCUT2D eigenvalue weighted by atomic mass is 10.2. The molecule has 3 aromatic rings. The number of non-ortho nitro benzene ring substituents is 1. The number of benzene rings is 3. The van der Waals surface area contributed by atoms with E-state index in [0.717, 1.165) is 0 Å². The summed E-state index contributed by atoms with van der Waals surface area (Å²) in [6.45, 7) is 1.40. The van der Waals surface area contributed by atoms with Crippen LogP contribution in [0, 0.1) is 20.2 Å². The van der Waals surface area contributed by atoms with Crippen LogP contribution in [0.2, 0.25) is 0 Å². The molecule has 11 heteroatoms. The number of azo groups is 1. The maximum atomic E-state index is 11.5. The standard InChI is InChI=1S/C20H16N6O5/c1-13(27)21-14-2-4-15(5-3-14)22-19-11-8-17(12-20(19)26(30)31)24-23-16-6-9-18(10-7-16)25(28)29/h2-12,22H,1H3,(H,21,27). The van der Waals surface area contributed by atoms with Gasteiger partial charge in [-0.25, -0.2) is 0 Å². The fourth-order valence-corrected chi connectivity index (χ4v) is 2.59. The molecule has 0 radical (unpaired) electrons. The van der Waals surface area contributed by atoms with Crippen molar-refractivity contribution in [1.82, 2.24) is 0 Å². The fraction of sp³-hybridized carbons (Fsp3) is 0.0500. The Morgan fingerprint density at radius 2 is 1.39 bits per heavy atom. The summed E-state index contributed by atoms with van der Waals surface area (Å²) in [4.78, 5) is 32.2. The van der Waals surface area contributed by atoms with Gasteiger partial charge in [-0.15, -0.1) is 0 Å². The second-order valence-corrected chi connectivity index (χ2v) is 6.32. The molecule has 1 amide bonds. The van der Waals surface area contributed by atoms with Crippen LogP contribution < -0.4 is 10.6 Å². The minimum atomic E-state index is -0.543. The summed E-state index contributed by atoms with van der Waals surface area (Å²) in [6.07, 6.45) is 0. The number of rotatable bonds is 7. The number of nitrogens with one attached hydrogen (secondary N) is 2. The van der Waals surface area contributed by atoms with Gasteiger partial charge in [0.1, 0.15) is 5.69 Å². The first kappa shape index (κ1) is 21.0. The average Bonchev–Trinajstić information content (AvgIpc) is 2.74. The van der Waals surface area contributed by atoms with Crippen molar-refractivity contribution in [3.63, 3.8) is 0 Å². The molecule has 0 aliphatic heterocycles. The molecule has 0 saturated heterocycles. The van der Waals surface area contributed by atoms with Gasteiger partial charge in [-0.3, -0.25) is 25.0 Å². The summed E-state index contributed by atoms with van der Waals surface area (Å²) in [6, 6.07) is 16.5. The van der Waals surface area contributed by atoms with Crippen LogP contribution in [0.3, 0.4) is 0 Å². The number of nitrogens with zero attached hydrogens (tertiary/aromatic N) is 4. The van der Waals surface area contributed by atoms with E-state index in [-0.39, 0.29) is 28.7 Å². The van der Waals surface area contributed by atoms with Crippen molar-refractivity contribution in [1.29, 1.82) is 0 Å². The molecule has 31 heavy (non-hydrogen) atoms. The van der Waals surface area contributed by atoms with Crippen LogP contribution in [-0.2, 0) is 4.79 Å². The van der Waals surface area contributed by atoms with Gasteiger partial charge in [0.15, 0.2) is 0 Å². The van der Waals surface area contributed by atoms with Gasteiger partial charge in [0.05, 0.1) is 21.2 Å². The lowest BCUT2D eigenvalue weighted by molar-refractivity contribution is -0.384. The van der Waals surface area contributed by atoms with E-state index in [4.69, 9.17) is 0 Å². The van der Waals surface area contributed by atoms with Crippen molar-refractivity contribution in [3.8, 4) is 0 Å². The lowest BCUT2D eigenvalue weighted by Crippen LogP contribution is -2.05. The topological polar surface area (TPSA) is 152 Å². The number of hydrogen-bond acceptors (Lipinski definition) is 8. The predicted octanol–water partition coefficient (Wildman–Crippen LogP) is 5.62. The summed E-state index contributed by atoms with van der Waals surface area (Å²) in [5.74, 6) is -0.199. The van der Waals surface area contributed by atoms with Gasteiger partial charge < -0.3 is 10.6 Å². The largest absolute Gasteiger partial charge is 0.350 e. The predicted molar refractivity (Wildman–Crippen MR) is 114 cm³/mol. The molecule has 0 aliphatic rings. The zero-order chi connectivity index (χ0) is 22.4. The first-order valence-electron chi connectivity index (χ1n) is 8.91. The zero-order valence-corrected chi connectivity index (χ0v) is 16.2. The Morgan fingerprint density at radius 1 is 0.806 bits per heavy atom. The molecule has 0 heterocycles. The molecule has 0 unspecified atom stereocenters. The molecular weight excluding hydrogens is 404 g/mol. The van der Waals surface area contributed by atoms with Gasteiger partial charge in [-0.1, -0.05) is 0 Å². The van der Waals surface area contributed by atoms with E-state index in [1.807, 2.05) is 0 Å². The highest BCUT2D eigenvalue weighted by molar-refractivity contribution is 5.89. The minimum Gasteiger partial charge on any atom is -0.350 e. The summed E-state index contributed by atoms with van der Waals surface area (Å²) < 4.78 is 0. The summed E-state index contributed by atoms with van der Waals surface area (Å²) in [7, 11) is 0. The third kappa shape index (κ3) is 5.67. The van der Waals surface area contributed by atoms with Crippen LogP contribution in [0.25, 0.3) is 0 Å². The van der Waals surface area contributed by atoms with E-state index in [9.17, 15) is 25.0 Å². The van der Waals surface area contributed by atoms with E-state index in [2.05, 4.69) is 20.9 Å². The molecule has 0 aromatic heterocycles. The molecular formula is C20H16N6O5. The molecule has 0 saturated carbocycles. The second kappa shape index (κ2) is 9.22. The highest BCUT2D eigenvalue weighted by Crippen LogP contribution is 2.32. The second-order valence-electron chi connectivity index (χ2n) is 6.32. The van der Waals surface area contributed by atoms with Crippen LogP contribution in [0.15, 0.2) is 77.0 Å². The van der Waals surface area contributed by atoms with Gasteiger partial charge in [-0.2, -0.15) is 10.2 Å². The van der Waals surface area contributed by atoms with Crippen LogP contribution in [0.5, 0.6) is 0 Å². The molecule has 3 rings (SSSR count). The van der Waals surface area contributed by atoms with Gasteiger partial charge in [0.25, 0.3) is 11.4 Å². The number of hydrogen-bond donors (Lipinski definition) is 2. The van der Waals surface area contributed by atoms with Crippen molar-refractivity contribution in [3.05, 3.63) is 87.0 Å². The van der Waals surface area contributed by atoms with Crippen molar-refractivity contribution in [2.45, 2.75) is 6.92 Å². The Kier molecular flexibility index (Phi) is 6.26. The summed E-state index contributed by atoms with van der Waals surface area (Å²) in [5.41, 5.74) is 1.80. The molecule has 156 valence electrons. The van der Waals surface area contributed by atoms with Gasteiger partial charge >= 0.3 is 0 Å². The van der Waals surface area contributed by atoms with E-state index in [1.54, 1.807) is 30.3 Å². The number of anilines is 3. The summed E-state index contributed by atoms with van der Waals surface area (Å²) >= 11 is 0.